The normalized spacial score (nSPS) is 23.2. The van der Waals surface area contributed by atoms with Gasteiger partial charge in [0.05, 0.1) is 25.0 Å². The third-order valence-corrected chi connectivity index (χ3v) is 10.5. The van der Waals surface area contributed by atoms with Crippen molar-refractivity contribution >= 4 is 19.7 Å². The molecule has 0 saturated carbocycles. The molecule has 27 heavy (non-hydrogen) atoms. The van der Waals surface area contributed by atoms with Crippen molar-refractivity contribution in [1.29, 1.82) is 0 Å². The summed E-state index contributed by atoms with van der Waals surface area (Å²) >= 11 is 0. The van der Waals surface area contributed by atoms with Gasteiger partial charge in [0.2, 0.25) is 0 Å². The zero-order valence-electron chi connectivity index (χ0n) is 16.6. The molecule has 1 saturated heterocycles. The van der Waals surface area contributed by atoms with Crippen molar-refractivity contribution < 1.29 is 19.4 Å². The van der Waals surface area contributed by atoms with Gasteiger partial charge in [0, 0.05) is 6.42 Å². The van der Waals surface area contributed by atoms with Gasteiger partial charge >= 0.3 is 0 Å². The Balaban J connectivity index is 1.95. The van der Waals surface area contributed by atoms with Crippen LogP contribution in [0.5, 0.6) is 0 Å². The van der Waals surface area contributed by atoms with Crippen molar-refractivity contribution in [3.8, 4) is 0 Å². The van der Waals surface area contributed by atoms with Gasteiger partial charge in [-0.25, -0.2) is 9.50 Å². The van der Waals surface area contributed by atoms with Crippen LogP contribution in [-0.4, -0.2) is 58.0 Å². The molecule has 0 aliphatic carbocycles. The maximum atomic E-state index is 10.1. The van der Waals surface area contributed by atoms with E-state index in [1.807, 2.05) is 12.1 Å². The van der Waals surface area contributed by atoms with Crippen molar-refractivity contribution in [2.45, 2.75) is 63.1 Å². The van der Waals surface area contributed by atoms with Crippen LogP contribution in [-0.2, 0) is 9.16 Å². The molecule has 2 aromatic heterocycles. The number of fused-ring (bicyclic) bond motifs is 1. The summed E-state index contributed by atoms with van der Waals surface area (Å²) in [5.74, 6) is 0.388. The quantitative estimate of drug-likeness (QED) is 0.663. The van der Waals surface area contributed by atoms with Gasteiger partial charge in [-0.1, -0.05) is 20.8 Å². The third-order valence-electron chi connectivity index (χ3n) is 6.01. The van der Waals surface area contributed by atoms with Crippen LogP contribution in [0.2, 0.25) is 18.1 Å². The van der Waals surface area contributed by atoms with Gasteiger partial charge in [0.15, 0.2) is 14.1 Å². The molecule has 0 radical (unpaired) electrons. The Kier molecular flexibility index (Phi) is 5.11. The van der Waals surface area contributed by atoms with Crippen LogP contribution in [0.25, 0.3) is 5.52 Å². The molecule has 8 nitrogen and oxygen atoms in total. The number of hydrogen-bond donors (Lipinski definition) is 3. The van der Waals surface area contributed by atoms with Crippen LogP contribution in [0.3, 0.4) is 0 Å². The monoisotopic (exact) mass is 394 g/mol. The van der Waals surface area contributed by atoms with Gasteiger partial charge in [-0.2, -0.15) is 5.10 Å². The van der Waals surface area contributed by atoms with Crippen molar-refractivity contribution in [2.24, 2.45) is 0 Å². The number of aliphatic hydroxyl groups excluding tert-OH is 2. The van der Waals surface area contributed by atoms with E-state index < -0.39 is 20.0 Å². The van der Waals surface area contributed by atoms with Gasteiger partial charge in [0.1, 0.15) is 23.5 Å². The number of aliphatic hydroxyl groups is 2. The molecule has 150 valence electrons. The first-order valence-corrected chi connectivity index (χ1v) is 12.1. The predicted octanol–water partition coefficient (Wildman–Crippen LogP) is 1.89. The first kappa shape index (κ1) is 20.2. The number of hydrogen-bond acceptors (Lipinski definition) is 7. The lowest BCUT2D eigenvalue weighted by atomic mass is 9.98. The van der Waals surface area contributed by atoms with Crippen LogP contribution in [0, 0.1) is 0 Å². The number of nitrogens with zero attached hydrogens (tertiary/aromatic N) is 3. The maximum Gasteiger partial charge on any atom is 0.192 e. The lowest BCUT2D eigenvalue weighted by Gasteiger charge is -2.42. The Labute approximate surface area is 160 Å². The molecule has 0 aromatic carbocycles. The zero-order valence-corrected chi connectivity index (χ0v) is 17.6. The molecular weight excluding hydrogens is 364 g/mol. The summed E-state index contributed by atoms with van der Waals surface area (Å²) in [6.07, 6.45) is 1.12. The minimum absolute atomic E-state index is 0.00513. The first-order valence-electron chi connectivity index (χ1n) is 9.20. The van der Waals surface area contributed by atoms with Crippen LogP contribution in [0.4, 0.5) is 5.82 Å². The second-order valence-electron chi connectivity index (χ2n) is 8.79. The largest absolute Gasteiger partial charge is 0.411 e. The first-order chi connectivity index (χ1) is 12.5. The number of aromatic nitrogens is 3. The van der Waals surface area contributed by atoms with Crippen LogP contribution in [0.1, 0.15) is 39.0 Å². The molecule has 1 aliphatic rings. The molecule has 3 heterocycles. The van der Waals surface area contributed by atoms with Crippen molar-refractivity contribution in [1.82, 2.24) is 14.6 Å². The Morgan fingerprint density at radius 1 is 1.33 bits per heavy atom. The highest BCUT2D eigenvalue weighted by molar-refractivity contribution is 6.74. The smallest absolute Gasteiger partial charge is 0.192 e. The van der Waals surface area contributed by atoms with Crippen molar-refractivity contribution in [3.63, 3.8) is 0 Å². The molecular formula is C18H30N4O4Si. The average Bonchev–Trinajstić information content (AvgIpc) is 3.16. The molecule has 4 N–H and O–H groups in total. The number of rotatable bonds is 5. The topological polar surface area (TPSA) is 115 Å². The minimum atomic E-state index is -2.12. The summed E-state index contributed by atoms with van der Waals surface area (Å²) in [4.78, 5) is 4.00. The molecule has 0 bridgehead atoms. The molecule has 1 unspecified atom stereocenters. The Hall–Kier alpha value is -1.52. The van der Waals surface area contributed by atoms with Gasteiger partial charge < -0.3 is 25.1 Å². The van der Waals surface area contributed by atoms with E-state index in [4.69, 9.17) is 14.9 Å². The van der Waals surface area contributed by atoms with Crippen LogP contribution in [0.15, 0.2) is 18.5 Å². The lowest BCUT2D eigenvalue weighted by Crippen LogP contribution is -2.54. The molecule has 9 heteroatoms. The van der Waals surface area contributed by atoms with Gasteiger partial charge in [-0.05, 0) is 30.3 Å². The van der Waals surface area contributed by atoms with E-state index in [-0.39, 0.29) is 24.4 Å². The molecule has 3 rings (SSSR count). The molecule has 2 aromatic rings. The van der Waals surface area contributed by atoms with E-state index in [1.54, 1.807) is 4.52 Å². The van der Waals surface area contributed by atoms with E-state index in [9.17, 15) is 10.2 Å². The summed E-state index contributed by atoms with van der Waals surface area (Å²) in [6.45, 7) is 10.1. The highest BCUT2D eigenvalue weighted by atomic mass is 28.4. The maximum absolute atomic E-state index is 10.1. The number of anilines is 1. The second-order valence-corrected chi connectivity index (χ2v) is 13.5. The average molecular weight is 395 g/mol. The predicted molar refractivity (Wildman–Crippen MR) is 105 cm³/mol. The Morgan fingerprint density at radius 2 is 2.00 bits per heavy atom. The molecule has 0 spiro atoms. The summed E-state index contributed by atoms with van der Waals surface area (Å²) in [7, 11) is -2.12. The van der Waals surface area contributed by atoms with E-state index >= 15 is 0 Å². The molecule has 0 amide bonds. The fourth-order valence-electron chi connectivity index (χ4n) is 3.23. The summed E-state index contributed by atoms with van der Waals surface area (Å²) < 4.78 is 14.4. The van der Waals surface area contributed by atoms with E-state index in [2.05, 4.69) is 43.9 Å². The second kappa shape index (κ2) is 6.82. The summed E-state index contributed by atoms with van der Waals surface area (Å²) in [5, 5.41) is 24.4. The van der Waals surface area contributed by atoms with Gasteiger partial charge in [-0.15, -0.1) is 0 Å². The highest BCUT2D eigenvalue weighted by Gasteiger charge is 2.53. The minimum Gasteiger partial charge on any atom is -0.411 e. The number of nitrogen functional groups attached to an aromatic ring is 1. The summed E-state index contributed by atoms with van der Waals surface area (Å²) in [5.41, 5.74) is 6.27. The zero-order chi connectivity index (χ0) is 20.0. The van der Waals surface area contributed by atoms with Crippen molar-refractivity contribution in [3.05, 3.63) is 24.2 Å². The third kappa shape index (κ3) is 3.38. The molecule has 1 aliphatic heterocycles. The molecule has 2 atom stereocenters. The van der Waals surface area contributed by atoms with E-state index in [1.165, 1.54) is 6.33 Å². The molecule has 1 fully saturated rings. The highest BCUT2D eigenvalue weighted by Crippen LogP contribution is 2.46. The van der Waals surface area contributed by atoms with Gasteiger partial charge in [0.25, 0.3) is 0 Å². The van der Waals surface area contributed by atoms with Crippen LogP contribution < -0.4 is 5.73 Å². The lowest BCUT2D eigenvalue weighted by molar-refractivity contribution is -0.134. The Bertz CT molecular complexity index is 813. The van der Waals surface area contributed by atoms with E-state index in [0.29, 0.717) is 17.8 Å². The number of nitrogens with two attached hydrogens (primary N) is 1. The standard InChI is InChI=1S/C18H30N4O4Si/c1-17(2,3)27(4,5)26-15-8-14(25-18(15,9-23)10-24)12-6-7-13-16(19)20-11-21-22(12)13/h6-7,11,14-15,23-24H,8-10H2,1-5H3,(H2,19,20,21)/t14?,15-/m0/s1. The van der Waals surface area contributed by atoms with Gasteiger partial charge in [-0.3, -0.25) is 0 Å². The fourth-order valence-corrected chi connectivity index (χ4v) is 4.61. The van der Waals surface area contributed by atoms with E-state index in [0.717, 1.165) is 5.69 Å². The summed E-state index contributed by atoms with van der Waals surface area (Å²) in [6, 6.07) is 3.73. The van der Waals surface area contributed by atoms with Crippen LogP contribution >= 0.6 is 0 Å². The SMILES string of the molecule is CC(C)(C)[Si](C)(C)O[C@H]1CC(c2ccc3c(N)ncnn23)OC1(CO)CO. The number of ether oxygens (including phenoxy) is 1. The van der Waals surface area contributed by atoms with Crippen molar-refractivity contribution in [2.75, 3.05) is 18.9 Å². The Morgan fingerprint density at radius 3 is 2.59 bits per heavy atom. The fraction of sp³-hybridized carbons (Fsp3) is 0.667.